The Morgan fingerprint density at radius 2 is 1.90 bits per heavy atom. The first-order valence-electron chi connectivity index (χ1n) is 7.00. The first-order chi connectivity index (χ1) is 9.85. The van der Waals surface area contributed by atoms with Crippen LogP contribution in [0.4, 0.5) is 0 Å². The van der Waals surface area contributed by atoms with Crippen LogP contribution in [-0.2, 0) is 13.0 Å². The molecule has 0 amide bonds. The predicted molar refractivity (Wildman–Crippen MR) is 82.6 cm³/mol. The highest BCUT2D eigenvalue weighted by molar-refractivity contribution is 5.61. The van der Waals surface area contributed by atoms with E-state index in [1.165, 1.54) is 22.4 Å². The molecule has 0 aromatic heterocycles. The van der Waals surface area contributed by atoms with Crippen LogP contribution in [0.1, 0.15) is 23.1 Å². The Morgan fingerprint density at radius 3 is 2.70 bits per heavy atom. The van der Waals surface area contributed by atoms with Crippen LogP contribution in [0.3, 0.4) is 0 Å². The third-order valence-corrected chi connectivity index (χ3v) is 3.71. The van der Waals surface area contributed by atoms with Crippen LogP contribution in [0.15, 0.2) is 54.2 Å². The molecule has 3 rings (SSSR count). The van der Waals surface area contributed by atoms with Crippen LogP contribution in [0.5, 0.6) is 5.75 Å². The van der Waals surface area contributed by atoms with Crippen molar-refractivity contribution < 1.29 is 4.74 Å². The summed E-state index contributed by atoms with van der Waals surface area (Å²) in [4.78, 5) is 0. The maximum Gasteiger partial charge on any atom is 0.119 e. The Labute approximate surface area is 120 Å². The second-order valence-electron chi connectivity index (χ2n) is 5.07. The van der Waals surface area contributed by atoms with Gasteiger partial charge >= 0.3 is 0 Å². The minimum Gasteiger partial charge on any atom is -0.497 e. The lowest BCUT2D eigenvalue weighted by molar-refractivity contribution is 0.414. The smallest absolute Gasteiger partial charge is 0.119 e. The fourth-order valence-electron chi connectivity index (χ4n) is 2.54. The van der Waals surface area contributed by atoms with Gasteiger partial charge in [0, 0.05) is 12.2 Å². The van der Waals surface area contributed by atoms with Crippen molar-refractivity contribution in [3.05, 3.63) is 70.9 Å². The van der Waals surface area contributed by atoms with Gasteiger partial charge in [0.15, 0.2) is 0 Å². The van der Waals surface area contributed by atoms with Crippen molar-refractivity contribution in [2.45, 2.75) is 19.4 Å². The first kappa shape index (κ1) is 12.8. The molecule has 20 heavy (non-hydrogen) atoms. The van der Waals surface area contributed by atoms with E-state index in [-0.39, 0.29) is 0 Å². The van der Waals surface area contributed by atoms with E-state index in [4.69, 9.17) is 4.74 Å². The molecule has 0 spiro atoms. The zero-order chi connectivity index (χ0) is 13.8. The normalized spacial score (nSPS) is 13.3. The number of hydrogen-bond acceptors (Lipinski definition) is 2. The number of allylic oxidation sites excluding steroid dienone is 1. The zero-order valence-electron chi connectivity index (χ0n) is 11.7. The zero-order valence-corrected chi connectivity index (χ0v) is 11.7. The number of fused-ring (bicyclic) bond motifs is 1. The van der Waals surface area contributed by atoms with E-state index in [2.05, 4.69) is 47.8 Å². The van der Waals surface area contributed by atoms with E-state index in [0.717, 1.165) is 25.1 Å². The number of hydrogen-bond donors (Lipinski definition) is 1. The van der Waals surface area contributed by atoms with Gasteiger partial charge in [0.2, 0.25) is 0 Å². The summed E-state index contributed by atoms with van der Waals surface area (Å²) >= 11 is 0. The SMILES string of the molecule is COc1ccc2c(c1)C=C(NCc1ccccc1)CC2. The van der Waals surface area contributed by atoms with Crippen molar-refractivity contribution in [3.63, 3.8) is 0 Å². The number of aryl methyl sites for hydroxylation is 1. The average molecular weight is 265 g/mol. The topological polar surface area (TPSA) is 21.3 Å². The van der Waals surface area contributed by atoms with Crippen molar-refractivity contribution in [2.24, 2.45) is 0 Å². The van der Waals surface area contributed by atoms with Gasteiger partial charge in [-0.2, -0.15) is 0 Å². The van der Waals surface area contributed by atoms with Crippen LogP contribution < -0.4 is 10.1 Å². The van der Waals surface area contributed by atoms with E-state index in [1.54, 1.807) is 7.11 Å². The van der Waals surface area contributed by atoms with Gasteiger partial charge in [-0.25, -0.2) is 0 Å². The summed E-state index contributed by atoms with van der Waals surface area (Å²) in [5.74, 6) is 0.921. The molecule has 2 aromatic rings. The fourth-order valence-corrected chi connectivity index (χ4v) is 2.54. The van der Waals surface area contributed by atoms with Crippen LogP contribution in [-0.4, -0.2) is 7.11 Å². The molecule has 0 saturated carbocycles. The van der Waals surface area contributed by atoms with Crippen molar-refractivity contribution >= 4 is 6.08 Å². The molecular formula is C18H19NO. The van der Waals surface area contributed by atoms with Gasteiger partial charge in [0.1, 0.15) is 5.75 Å². The largest absolute Gasteiger partial charge is 0.497 e. The van der Waals surface area contributed by atoms with Crippen LogP contribution in [0.25, 0.3) is 6.08 Å². The van der Waals surface area contributed by atoms with Crippen molar-refractivity contribution in [1.29, 1.82) is 0 Å². The van der Waals surface area contributed by atoms with Crippen LogP contribution >= 0.6 is 0 Å². The molecule has 2 heteroatoms. The lowest BCUT2D eigenvalue weighted by atomic mass is 9.95. The molecule has 2 aromatic carbocycles. The molecule has 1 N–H and O–H groups in total. The van der Waals surface area contributed by atoms with Gasteiger partial charge in [-0.1, -0.05) is 36.4 Å². The maximum absolute atomic E-state index is 5.30. The molecule has 0 fully saturated rings. The fraction of sp³-hybridized carbons (Fsp3) is 0.222. The highest BCUT2D eigenvalue weighted by Gasteiger charge is 2.10. The monoisotopic (exact) mass is 265 g/mol. The molecule has 1 aliphatic rings. The third-order valence-electron chi connectivity index (χ3n) is 3.71. The Kier molecular flexibility index (Phi) is 3.73. The third kappa shape index (κ3) is 2.85. The summed E-state index contributed by atoms with van der Waals surface area (Å²) in [5, 5.41) is 3.54. The quantitative estimate of drug-likeness (QED) is 0.908. The molecular weight excluding hydrogens is 246 g/mol. The van der Waals surface area contributed by atoms with Crippen molar-refractivity contribution in [1.82, 2.24) is 5.32 Å². The van der Waals surface area contributed by atoms with Crippen LogP contribution in [0.2, 0.25) is 0 Å². The van der Waals surface area contributed by atoms with Crippen LogP contribution in [0, 0.1) is 0 Å². The molecule has 2 nitrogen and oxygen atoms in total. The highest BCUT2D eigenvalue weighted by atomic mass is 16.5. The van der Waals surface area contributed by atoms with Gasteiger partial charge in [-0.05, 0) is 47.7 Å². The second-order valence-corrected chi connectivity index (χ2v) is 5.07. The lowest BCUT2D eigenvalue weighted by Gasteiger charge is -2.18. The molecule has 0 atom stereocenters. The van der Waals surface area contributed by atoms with Gasteiger partial charge in [0.25, 0.3) is 0 Å². The summed E-state index contributed by atoms with van der Waals surface area (Å²) in [6, 6.07) is 16.8. The second kappa shape index (κ2) is 5.83. The maximum atomic E-state index is 5.30. The summed E-state index contributed by atoms with van der Waals surface area (Å²) in [6.45, 7) is 0.881. The minimum atomic E-state index is 0.881. The highest BCUT2D eigenvalue weighted by Crippen LogP contribution is 2.26. The summed E-state index contributed by atoms with van der Waals surface area (Å²) in [6.07, 6.45) is 4.41. The Bertz CT molecular complexity index is 617. The number of benzene rings is 2. The Balaban J connectivity index is 1.73. The lowest BCUT2D eigenvalue weighted by Crippen LogP contribution is -2.15. The Morgan fingerprint density at radius 1 is 1.05 bits per heavy atom. The number of ether oxygens (including phenoxy) is 1. The van der Waals surface area contributed by atoms with Crippen molar-refractivity contribution in [3.8, 4) is 5.75 Å². The molecule has 0 bridgehead atoms. The predicted octanol–water partition coefficient (Wildman–Crippen LogP) is 3.77. The average Bonchev–Trinajstić information content (AvgIpc) is 2.53. The number of nitrogens with one attached hydrogen (secondary N) is 1. The molecule has 0 heterocycles. The van der Waals surface area contributed by atoms with E-state index >= 15 is 0 Å². The van der Waals surface area contributed by atoms with Crippen molar-refractivity contribution in [2.75, 3.05) is 7.11 Å². The van der Waals surface area contributed by atoms with E-state index in [0.29, 0.717) is 0 Å². The molecule has 0 aliphatic heterocycles. The van der Waals surface area contributed by atoms with E-state index in [9.17, 15) is 0 Å². The number of rotatable bonds is 4. The molecule has 0 radical (unpaired) electrons. The summed E-state index contributed by atoms with van der Waals surface area (Å²) < 4.78 is 5.30. The number of methoxy groups -OCH3 is 1. The minimum absolute atomic E-state index is 0.881. The molecule has 102 valence electrons. The van der Waals surface area contributed by atoms with Gasteiger partial charge in [-0.3, -0.25) is 0 Å². The molecule has 0 unspecified atom stereocenters. The van der Waals surface area contributed by atoms with Gasteiger partial charge in [0.05, 0.1) is 7.11 Å². The summed E-state index contributed by atoms with van der Waals surface area (Å²) in [7, 11) is 1.71. The Hall–Kier alpha value is -2.22. The molecule has 0 saturated heterocycles. The van der Waals surface area contributed by atoms with Gasteiger partial charge < -0.3 is 10.1 Å². The van der Waals surface area contributed by atoms with E-state index < -0.39 is 0 Å². The van der Waals surface area contributed by atoms with Gasteiger partial charge in [-0.15, -0.1) is 0 Å². The first-order valence-corrected chi connectivity index (χ1v) is 7.00. The van der Waals surface area contributed by atoms with E-state index in [1.807, 2.05) is 12.1 Å². The standard InChI is InChI=1S/C18H19NO/c1-20-18-10-8-15-7-9-17(11-16(15)12-18)19-13-14-5-3-2-4-6-14/h2-6,8,10-12,19H,7,9,13H2,1H3. The molecule has 1 aliphatic carbocycles. The summed E-state index contributed by atoms with van der Waals surface area (Å²) in [5.41, 5.74) is 5.28.